The van der Waals surface area contributed by atoms with Gasteiger partial charge in [-0.15, -0.1) is 0 Å². The molecule has 0 spiro atoms. The molecule has 21 heavy (non-hydrogen) atoms. The van der Waals surface area contributed by atoms with Crippen LogP contribution in [0.4, 0.5) is 17.1 Å². The van der Waals surface area contributed by atoms with E-state index >= 15 is 0 Å². The number of hydrogen-bond donors (Lipinski definition) is 3. The van der Waals surface area contributed by atoms with Gasteiger partial charge in [0.05, 0.1) is 33.0 Å². The van der Waals surface area contributed by atoms with Crippen molar-refractivity contribution in [2.45, 2.75) is 0 Å². The van der Waals surface area contributed by atoms with Crippen LogP contribution in [0.25, 0.3) is 0 Å². The normalized spacial score (nSPS) is 9.62. The molecule has 0 atom stereocenters. The first-order valence-electron chi connectivity index (χ1n) is 4.21. The van der Waals surface area contributed by atoms with Gasteiger partial charge in [-0.3, -0.25) is 29.3 Å². The zero-order chi connectivity index (χ0) is 16.1. The quantitative estimate of drug-likeness (QED) is 0.292. The first kappa shape index (κ1) is 21.6. The molecule has 0 heterocycles. The average molecular weight is 336 g/mol. The van der Waals surface area contributed by atoms with Crippen LogP contribution in [0.1, 0.15) is 0 Å². The van der Waals surface area contributed by atoms with E-state index in [4.69, 9.17) is 22.7 Å². The molecule has 0 saturated heterocycles. The van der Waals surface area contributed by atoms with Crippen LogP contribution < -0.4 is 0 Å². The minimum atomic E-state index is -4.67. The predicted molar refractivity (Wildman–Crippen MR) is 66.2 cm³/mol. The van der Waals surface area contributed by atoms with Crippen molar-refractivity contribution in [2.24, 2.45) is 0 Å². The van der Waals surface area contributed by atoms with Crippen LogP contribution in [0.5, 0.6) is 0 Å². The molecule has 0 saturated carbocycles. The molecule has 0 unspecified atom stereocenters. The van der Waals surface area contributed by atoms with Crippen LogP contribution in [-0.4, -0.2) is 67.1 Å². The van der Waals surface area contributed by atoms with Crippen molar-refractivity contribution >= 4 is 57.0 Å². The summed E-state index contributed by atoms with van der Waals surface area (Å²) in [7, 11) is -4.67. The van der Waals surface area contributed by atoms with E-state index in [1.54, 1.807) is 0 Å². The summed E-state index contributed by atoms with van der Waals surface area (Å²) in [6.45, 7) is 0. The molecule has 0 aromatic heterocycles. The number of nitrogens with zero attached hydrogens (tertiary/aromatic N) is 3. The predicted octanol–water partition coefficient (Wildman–Crippen LogP) is 0.00130. The first-order valence-corrected chi connectivity index (χ1v) is 5.61. The van der Waals surface area contributed by atoms with Crippen LogP contribution in [0, 0.1) is 25.1 Å². The van der Waals surface area contributed by atoms with Crippen LogP contribution in [0.15, 0.2) is 18.2 Å². The molecule has 13 nitrogen and oxygen atoms in total. The standard InChI is InChI=1S/C6H4N3O6.Na.H2O4S.H/c10-7(11)4-1-5(8(12)13)3-6(2-4)9(14)15;;1-5(2,3)4;/h1-3H,(H,10,11);;(H2,1,2,3,4);/q+1;;;. The summed E-state index contributed by atoms with van der Waals surface area (Å²) in [6.07, 6.45) is 0. The Balaban J connectivity index is 0. The van der Waals surface area contributed by atoms with E-state index in [0.717, 1.165) is 12.1 Å². The van der Waals surface area contributed by atoms with Crippen molar-refractivity contribution in [1.29, 1.82) is 0 Å². The molecule has 0 bridgehead atoms. The molecule has 1 aromatic carbocycles. The summed E-state index contributed by atoms with van der Waals surface area (Å²) in [5.74, 6) is 0. The molecule has 1 aromatic rings. The topological polar surface area (TPSA) is 201 Å². The van der Waals surface area contributed by atoms with Crippen molar-refractivity contribution < 1.29 is 37.5 Å². The summed E-state index contributed by atoms with van der Waals surface area (Å²) in [5.41, 5.74) is -1.86. The Labute approximate surface area is 137 Å². The van der Waals surface area contributed by atoms with E-state index < -0.39 is 42.2 Å². The van der Waals surface area contributed by atoms with Gasteiger partial charge in [-0.25, -0.2) is 5.21 Å². The molecule has 1 rings (SSSR count). The third-order valence-electron chi connectivity index (χ3n) is 1.53. The van der Waals surface area contributed by atoms with Gasteiger partial charge in [0.25, 0.3) is 16.3 Å². The summed E-state index contributed by atoms with van der Waals surface area (Å²) in [6, 6.07) is 2.13. The maximum absolute atomic E-state index is 10.4. The zero-order valence-electron chi connectivity index (χ0n) is 9.18. The van der Waals surface area contributed by atoms with Gasteiger partial charge in [-0.05, 0) is 0 Å². The van der Waals surface area contributed by atoms with Gasteiger partial charge < -0.3 is 0 Å². The van der Waals surface area contributed by atoms with Crippen molar-refractivity contribution in [2.75, 3.05) is 0 Å². The Morgan fingerprint density at radius 1 is 0.857 bits per heavy atom. The van der Waals surface area contributed by atoms with Crippen LogP contribution in [0.3, 0.4) is 0 Å². The summed E-state index contributed by atoms with van der Waals surface area (Å²) in [5, 5.41) is 29.1. The molecule has 0 fully saturated rings. The molecule has 0 aliphatic rings. The van der Waals surface area contributed by atoms with E-state index in [-0.39, 0.29) is 29.6 Å². The number of nitro benzene ring substituents is 2. The molecular weight excluding hydrogens is 329 g/mol. The maximum atomic E-state index is 10.4. The number of benzene rings is 1. The molecule has 15 heteroatoms. The van der Waals surface area contributed by atoms with Crippen LogP contribution >= 0.6 is 0 Å². The van der Waals surface area contributed by atoms with Gasteiger partial charge >= 0.3 is 45.6 Å². The van der Waals surface area contributed by atoms with E-state index in [1.807, 2.05) is 0 Å². The molecular formula is C6H7N3NaO10S+. The molecule has 0 aliphatic carbocycles. The fraction of sp³-hybridized carbons (Fsp3) is 0. The zero-order valence-corrected chi connectivity index (χ0v) is 10.00. The third-order valence-corrected chi connectivity index (χ3v) is 1.53. The fourth-order valence-corrected chi connectivity index (χ4v) is 0.901. The average Bonchev–Trinajstić information content (AvgIpc) is 2.25. The number of hydrogen-bond acceptors (Lipinski definition) is 7. The van der Waals surface area contributed by atoms with Gasteiger partial charge in [-0.2, -0.15) is 8.42 Å². The van der Waals surface area contributed by atoms with Crippen molar-refractivity contribution in [3.8, 4) is 0 Å². The van der Waals surface area contributed by atoms with Gasteiger partial charge in [0.1, 0.15) is 0 Å². The molecule has 112 valence electrons. The van der Waals surface area contributed by atoms with Gasteiger partial charge in [0.15, 0.2) is 0 Å². The van der Waals surface area contributed by atoms with E-state index in [1.165, 1.54) is 0 Å². The van der Waals surface area contributed by atoms with Gasteiger partial charge in [-0.1, -0.05) is 0 Å². The van der Waals surface area contributed by atoms with E-state index in [2.05, 4.69) is 0 Å². The van der Waals surface area contributed by atoms with Gasteiger partial charge in [0, 0.05) is 0 Å². The summed E-state index contributed by atoms with van der Waals surface area (Å²) < 4.78 is 31.6. The Morgan fingerprint density at radius 2 is 1.10 bits per heavy atom. The Kier molecular flexibility index (Phi) is 8.79. The molecule has 3 N–H and O–H groups in total. The number of nitro groups is 2. The Hall–Kier alpha value is -1.71. The monoisotopic (exact) mass is 336 g/mol. The van der Waals surface area contributed by atoms with E-state index in [9.17, 15) is 25.1 Å². The van der Waals surface area contributed by atoms with Crippen molar-refractivity contribution in [1.82, 2.24) is 0 Å². The molecule has 0 aliphatic heterocycles. The third kappa shape index (κ3) is 9.77. The first-order chi connectivity index (χ1) is 8.91. The van der Waals surface area contributed by atoms with Crippen molar-refractivity contribution in [3.63, 3.8) is 0 Å². The number of rotatable bonds is 3. The number of non-ortho nitro benzene ring substituents is 2. The Morgan fingerprint density at radius 3 is 1.29 bits per heavy atom. The summed E-state index contributed by atoms with van der Waals surface area (Å²) in [4.78, 5) is 28.6. The van der Waals surface area contributed by atoms with Crippen LogP contribution in [-0.2, 0) is 10.4 Å². The van der Waals surface area contributed by atoms with Crippen molar-refractivity contribution in [3.05, 3.63) is 43.3 Å². The van der Waals surface area contributed by atoms with Crippen LogP contribution in [0.2, 0.25) is 0 Å². The minimum absolute atomic E-state index is 0. The SMILES string of the molecule is O=S(=O)(O)O.O=[N+]([O-])c1cc([N+](=O)[O-])cc([N+](=O)O)c1.[NaH]. The second-order valence-electron chi connectivity index (χ2n) is 2.94. The second-order valence-corrected chi connectivity index (χ2v) is 3.84. The Bertz CT molecular complexity index is 572. The van der Waals surface area contributed by atoms with E-state index in [0.29, 0.717) is 6.07 Å². The second kappa shape index (κ2) is 8.55. The molecule has 0 radical (unpaired) electrons. The molecule has 0 amide bonds. The summed E-state index contributed by atoms with van der Waals surface area (Å²) >= 11 is 0. The van der Waals surface area contributed by atoms with Gasteiger partial charge in [0.2, 0.25) is 0 Å². The fourth-order valence-electron chi connectivity index (χ4n) is 0.901.